The molecule has 0 saturated carbocycles. The summed E-state index contributed by atoms with van der Waals surface area (Å²) >= 11 is 0. The Morgan fingerprint density at radius 2 is 1.74 bits per heavy atom. The first-order valence-electron chi connectivity index (χ1n) is 8.45. The van der Waals surface area contributed by atoms with Crippen LogP contribution in [-0.2, 0) is 10.0 Å². The molecule has 1 aromatic carbocycles. The molecule has 0 aliphatic rings. The van der Waals surface area contributed by atoms with E-state index in [9.17, 15) is 8.42 Å². The summed E-state index contributed by atoms with van der Waals surface area (Å²) in [5, 5.41) is 8.18. The smallest absolute Gasteiger partial charge is 0.238 e. The summed E-state index contributed by atoms with van der Waals surface area (Å²) in [4.78, 5) is 13.5. The number of hydrogen-bond donors (Lipinski definition) is 2. The molecule has 0 radical (unpaired) electrons. The van der Waals surface area contributed by atoms with Gasteiger partial charge in [-0.3, -0.25) is 0 Å². The first kappa shape index (κ1) is 19.0. The molecule has 8 nitrogen and oxygen atoms in total. The van der Waals surface area contributed by atoms with Crippen LogP contribution >= 0.6 is 0 Å². The number of nitrogens with zero attached hydrogens (tertiary/aromatic N) is 4. The lowest BCUT2D eigenvalue weighted by Gasteiger charge is -2.12. The number of aromatic nitrogens is 4. The SMILES string of the molecule is Cc1nc(-c2ccnc(Nc3ccc(S(N)(=O)=O)cc3)n2)c(C)n1C(C)C. The third-order valence-electron chi connectivity index (χ3n) is 4.18. The van der Waals surface area contributed by atoms with Gasteiger partial charge in [0.25, 0.3) is 0 Å². The van der Waals surface area contributed by atoms with Gasteiger partial charge < -0.3 is 9.88 Å². The second-order valence-electron chi connectivity index (χ2n) is 6.52. The molecular weight excluding hydrogens is 364 g/mol. The summed E-state index contributed by atoms with van der Waals surface area (Å²) in [6, 6.07) is 8.20. The molecular formula is C18H22N6O2S. The van der Waals surface area contributed by atoms with Crippen LogP contribution < -0.4 is 10.5 Å². The summed E-state index contributed by atoms with van der Waals surface area (Å²) in [7, 11) is -3.72. The van der Waals surface area contributed by atoms with Crippen molar-refractivity contribution in [2.45, 2.75) is 38.6 Å². The Hall–Kier alpha value is -2.78. The molecule has 0 amide bonds. The number of imidazole rings is 1. The largest absolute Gasteiger partial charge is 0.329 e. The van der Waals surface area contributed by atoms with Crippen LogP contribution in [0, 0.1) is 13.8 Å². The third kappa shape index (κ3) is 3.99. The van der Waals surface area contributed by atoms with Gasteiger partial charge in [-0.05, 0) is 58.0 Å². The Labute approximate surface area is 158 Å². The third-order valence-corrected chi connectivity index (χ3v) is 5.11. The van der Waals surface area contributed by atoms with Crippen LogP contribution in [0.3, 0.4) is 0 Å². The summed E-state index contributed by atoms with van der Waals surface area (Å²) in [5.74, 6) is 1.33. The predicted molar refractivity (Wildman–Crippen MR) is 104 cm³/mol. The van der Waals surface area contributed by atoms with Crippen molar-refractivity contribution in [1.82, 2.24) is 19.5 Å². The van der Waals surface area contributed by atoms with Gasteiger partial charge in [0, 0.05) is 23.6 Å². The minimum atomic E-state index is -3.72. The molecule has 0 aliphatic carbocycles. The molecule has 0 unspecified atom stereocenters. The summed E-state index contributed by atoms with van der Waals surface area (Å²) in [6.45, 7) is 8.23. The molecule has 0 bridgehead atoms. The van der Waals surface area contributed by atoms with E-state index in [1.54, 1.807) is 18.3 Å². The fourth-order valence-corrected chi connectivity index (χ4v) is 3.58. The van der Waals surface area contributed by atoms with Crippen LogP contribution in [0.4, 0.5) is 11.6 Å². The van der Waals surface area contributed by atoms with Gasteiger partial charge in [-0.2, -0.15) is 0 Å². The van der Waals surface area contributed by atoms with Gasteiger partial charge in [-0.25, -0.2) is 28.5 Å². The van der Waals surface area contributed by atoms with Crippen molar-refractivity contribution in [2.75, 3.05) is 5.32 Å². The number of rotatable bonds is 5. The molecule has 2 aromatic heterocycles. The number of nitrogens with one attached hydrogen (secondary N) is 1. The lowest BCUT2D eigenvalue weighted by molar-refractivity contribution is 0.569. The minimum absolute atomic E-state index is 0.0491. The van der Waals surface area contributed by atoms with E-state index in [-0.39, 0.29) is 4.90 Å². The molecule has 3 rings (SSSR count). The van der Waals surface area contributed by atoms with Crippen LogP contribution in [-0.4, -0.2) is 27.9 Å². The van der Waals surface area contributed by atoms with Gasteiger partial charge in [-0.1, -0.05) is 0 Å². The van der Waals surface area contributed by atoms with Crippen LogP contribution in [0.5, 0.6) is 0 Å². The Morgan fingerprint density at radius 1 is 1.07 bits per heavy atom. The van der Waals surface area contributed by atoms with Crippen molar-refractivity contribution in [3.63, 3.8) is 0 Å². The van der Waals surface area contributed by atoms with Crippen molar-refractivity contribution < 1.29 is 8.42 Å². The van der Waals surface area contributed by atoms with Crippen LogP contribution in [0.15, 0.2) is 41.4 Å². The number of hydrogen-bond acceptors (Lipinski definition) is 6. The van der Waals surface area contributed by atoms with E-state index < -0.39 is 10.0 Å². The average molecular weight is 386 g/mol. The molecule has 3 aromatic rings. The first-order chi connectivity index (χ1) is 12.7. The number of sulfonamides is 1. The zero-order valence-electron chi connectivity index (χ0n) is 15.6. The number of anilines is 2. The second-order valence-corrected chi connectivity index (χ2v) is 8.08. The fourth-order valence-electron chi connectivity index (χ4n) is 3.06. The highest BCUT2D eigenvalue weighted by Crippen LogP contribution is 2.25. The molecule has 3 N–H and O–H groups in total. The average Bonchev–Trinajstić information content (AvgIpc) is 2.89. The van der Waals surface area contributed by atoms with Crippen molar-refractivity contribution >= 4 is 21.7 Å². The molecule has 9 heteroatoms. The van der Waals surface area contributed by atoms with Crippen LogP contribution in [0.2, 0.25) is 0 Å². The Bertz CT molecular complexity index is 1070. The molecule has 27 heavy (non-hydrogen) atoms. The van der Waals surface area contributed by atoms with Gasteiger partial charge in [0.2, 0.25) is 16.0 Å². The molecule has 0 atom stereocenters. The van der Waals surface area contributed by atoms with E-state index in [1.165, 1.54) is 12.1 Å². The highest BCUT2D eigenvalue weighted by molar-refractivity contribution is 7.89. The van der Waals surface area contributed by atoms with Gasteiger partial charge in [0.15, 0.2) is 0 Å². The van der Waals surface area contributed by atoms with Crippen molar-refractivity contribution in [3.05, 3.63) is 48.0 Å². The number of aryl methyl sites for hydroxylation is 1. The lowest BCUT2D eigenvalue weighted by Crippen LogP contribution is -2.11. The molecule has 2 heterocycles. The van der Waals surface area contributed by atoms with E-state index in [2.05, 4.69) is 38.7 Å². The first-order valence-corrected chi connectivity index (χ1v) is 10.00. The van der Waals surface area contributed by atoms with Gasteiger partial charge >= 0.3 is 0 Å². The maximum atomic E-state index is 11.3. The number of benzene rings is 1. The molecule has 0 fully saturated rings. The van der Waals surface area contributed by atoms with Gasteiger partial charge in [-0.15, -0.1) is 0 Å². The van der Waals surface area contributed by atoms with E-state index in [1.807, 2.05) is 19.9 Å². The quantitative estimate of drug-likeness (QED) is 0.696. The van der Waals surface area contributed by atoms with E-state index >= 15 is 0 Å². The standard InChI is InChI=1S/C18H22N6O2S/c1-11(2)24-12(3)17(21-13(24)4)16-9-10-20-18(23-16)22-14-5-7-15(8-6-14)27(19,25)26/h5-11H,1-4H3,(H2,19,25,26)(H,20,22,23). The number of primary sulfonamides is 1. The summed E-state index contributed by atoms with van der Waals surface area (Å²) in [6.07, 6.45) is 1.66. The van der Waals surface area contributed by atoms with E-state index in [0.29, 0.717) is 23.4 Å². The monoisotopic (exact) mass is 386 g/mol. The maximum Gasteiger partial charge on any atom is 0.238 e. The van der Waals surface area contributed by atoms with Crippen molar-refractivity contribution in [3.8, 4) is 11.4 Å². The van der Waals surface area contributed by atoms with E-state index in [0.717, 1.165) is 17.2 Å². The molecule has 142 valence electrons. The molecule has 0 spiro atoms. The van der Waals surface area contributed by atoms with E-state index in [4.69, 9.17) is 5.14 Å². The van der Waals surface area contributed by atoms with Gasteiger partial charge in [0.1, 0.15) is 11.5 Å². The lowest BCUT2D eigenvalue weighted by atomic mass is 10.2. The Morgan fingerprint density at radius 3 is 2.30 bits per heavy atom. The second kappa shape index (κ2) is 7.09. The highest BCUT2D eigenvalue weighted by Gasteiger charge is 2.16. The Kier molecular flexibility index (Phi) is 4.99. The molecule has 0 aliphatic heterocycles. The van der Waals surface area contributed by atoms with Crippen LogP contribution in [0.1, 0.15) is 31.4 Å². The topological polar surface area (TPSA) is 116 Å². The summed E-state index contributed by atoms with van der Waals surface area (Å²) in [5.41, 5.74) is 3.23. The van der Waals surface area contributed by atoms with Gasteiger partial charge in [0.05, 0.1) is 10.6 Å². The fraction of sp³-hybridized carbons (Fsp3) is 0.278. The zero-order valence-corrected chi connectivity index (χ0v) is 16.4. The summed E-state index contributed by atoms with van der Waals surface area (Å²) < 4.78 is 24.8. The Balaban J connectivity index is 1.90. The van der Waals surface area contributed by atoms with Crippen molar-refractivity contribution in [1.29, 1.82) is 0 Å². The maximum absolute atomic E-state index is 11.3. The minimum Gasteiger partial charge on any atom is -0.329 e. The van der Waals surface area contributed by atoms with Crippen molar-refractivity contribution in [2.24, 2.45) is 5.14 Å². The zero-order chi connectivity index (χ0) is 19.8. The predicted octanol–water partition coefficient (Wildman–Crippen LogP) is 2.93. The number of nitrogens with two attached hydrogens (primary N) is 1. The molecule has 0 saturated heterocycles. The highest BCUT2D eigenvalue weighted by atomic mass is 32.2. The normalized spacial score (nSPS) is 11.8. The van der Waals surface area contributed by atoms with Crippen LogP contribution in [0.25, 0.3) is 11.4 Å².